The zero-order chi connectivity index (χ0) is 13.1. The lowest BCUT2D eigenvalue weighted by atomic mass is 10.0. The first-order chi connectivity index (χ1) is 8.71. The molecule has 0 aromatic heterocycles. The van der Waals surface area contributed by atoms with E-state index in [0.29, 0.717) is 11.5 Å². The van der Waals surface area contributed by atoms with Crippen molar-refractivity contribution in [3.8, 4) is 6.07 Å². The van der Waals surface area contributed by atoms with E-state index in [4.69, 9.17) is 5.11 Å². The van der Waals surface area contributed by atoms with Crippen LogP contribution in [0.25, 0.3) is 0 Å². The van der Waals surface area contributed by atoms with Gasteiger partial charge in [-0.15, -0.1) is 0 Å². The van der Waals surface area contributed by atoms with E-state index in [0.717, 1.165) is 24.2 Å². The summed E-state index contributed by atoms with van der Waals surface area (Å²) < 4.78 is 0. The van der Waals surface area contributed by atoms with Crippen LogP contribution < -0.4 is 4.90 Å². The number of rotatable bonds is 3. The van der Waals surface area contributed by atoms with Crippen molar-refractivity contribution in [1.29, 1.82) is 5.26 Å². The van der Waals surface area contributed by atoms with Gasteiger partial charge in [0.25, 0.3) is 0 Å². The predicted molar refractivity (Wildman–Crippen MR) is 69.1 cm³/mol. The molecule has 1 aliphatic heterocycles. The molecule has 4 heteroatoms. The summed E-state index contributed by atoms with van der Waals surface area (Å²) in [7, 11) is 0. The Morgan fingerprint density at radius 3 is 2.83 bits per heavy atom. The molecule has 0 radical (unpaired) electrons. The van der Waals surface area contributed by atoms with Gasteiger partial charge in [0.2, 0.25) is 0 Å². The molecule has 2 atom stereocenters. The standard InChI is InChI=1S/C14H18N2O2/c1-10-4-5-16(14(10)9-18)13-3-2-11(8-17)6-12(13)7-15/h2-3,6,10,14,17-18H,4-5,8-9H2,1H3. The van der Waals surface area contributed by atoms with Crippen molar-refractivity contribution in [3.05, 3.63) is 29.3 Å². The number of hydrogen-bond acceptors (Lipinski definition) is 4. The largest absolute Gasteiger partial charge is 0.394 e. The minimum Gasteiger partial charge on any atom is -0.394 e. The number of benzene rings is 1. The SMILES string of the molecule is CC1CCN(c2ccc(CO)cc2C#N)C1CO. The Morgan fingerprint density at radius 1 is 1.44 bits per heavy atom. The van der Waals surface area contributed by atoms with E-state index >= 15 is 0 Å². The molecule has 1 saturated heterocycles. The second-order valence-corrected chi connectivity index (χ2v) is 4.83. The molecule has 0 spiro atoms. The van der Waals surface area contributed by atoms with Crippen molar-refractivity contribution in [2.45, 2.75) is 26.0 Å². The third-order valence-electron chi connectivity index (χ3n) is 3.74. The van der Waals surface area contributed by atoms with Gasteiger partial charge >= 0.3 is 0 Å². The van der Waals surface area contributed by atoms with Gasteiger partial charge in [-0.3, -0.25) is 0 Å². The fourth-order valence-corrected chi connectivity index (χ4v) is 2.61. The quantitative estimate of drug-likeness (QED) is 0.842. The van der Waals surface area contributed by atoms with Crippen molar-refractivity contribution in [1.82, 2.24) is 0 Å². The van der Waals surface area contributed by atoms with Crippen LogP contribution in [0.1, 0.15) is 24.5 Å². The molecule has 1 aliphatic rings. The molecule has 1 aromatic carbocycles. The molecule has 0 amide bonds. The summed E-state index contributed by atoms with van der Waals surface area (Å²) >= 11 is 0. The van der Waals surface area contributed by atoms with Gasteiger partial charge in [-0.05, 0) is 30.0 Å². The molecule has 0 saturated carbocycles. The van der Waals surface area contributed by atoms with E-state index in [1.165, 1.54) is 0 Å². The summed E-state index contributed by atoms with van der Waals surface area (Å²) in [6.07, 6.45) is 1.03. The van der Waals surface area contributed by atoms with E-state index in [1.54, 1.807) is 6.07 Å². The van der Waals surface area contributed by atoms with Crippen molar-refractivity contribution in [2.24, 2.45) is 5.92 Å². The number of nitrogens with zero attached hydrogens (tertiary/aromatic N) is 2. The van der Waals surface area contributed by atoms with Crippen LogP contribution in [0.15, 0.2) is 18.2 Å². The second kappa shape index (κ2) is 5.38. The first-order valence-electron chi connectivity index (χ1n) is 6.22. The van der Waals surface area contributed by atoms with Crippen molar-refractivity contribution >= 4 is 5.69 Å². The van der Waals surface area contributed by atoms with Crippen molar-refractivity contribution in [3.63, 3.8) is 0 Å². The van der Waals surface area contributed by atoms with E-state index in [1.807, 2.05) is 12.1 Å². The average molecular weight is 246 g/mol. The van der Waals surface area contributed by atoms with Crippen LogP contribution in [0.3, 0.4) is 0 Å². The minimum atomic E-state index is -0.0607. The maximum atomic E-state index is 9.47. The lowest BCUT2D eigenvalue weighted by Gasteiger charge is -2.28. The number of aliphatic hydroxyl groups is 2. The van der Waals surface area contributed by atoms with E-state index < -0.39 is 0 Å². The zero-order valence-corrected chi connectivity index (χ0v) is 10.5. The summed E-state index contributed by atoms with van der Waals surface area (Å²) in [6, 6.07) is 7.66. The van der Waals surface area contributed by atoms with Gasteiger partial charge in [-0.1, -0.05) is 13.0 Å². The first kappa shape index (κ1) is 12.9. The Bertz CT molecular complexity index is 467. The van der Waals surface area contributed by atoms with Crippen molar-refractivity contribution in [2.75, 3.05) is 18.1 Å². The zero-order valence-electron chi connectivity index (χ0n) is 10.5. The van der Waals surface area contributed by atoms with E-state index in [-0.39, 0.29) is 19.3 Å². The smallest absolute Gasteiger partial charge is 0.101 e. The molecule has 18 heavy (non-hydrogen) atoms. The molecule has 1 heterocycles. The van der Waals surface area contributed by atoms with Crippen molar-refractivity contribution < 1.29 is 10.2 Å². The molecule has 96 valence electrons. The van der Waals surface area contributed by atoms with Gasteiger partial charge in [-0.25, -0.2) is 0 Å². The maximum Gasteiger partial charge on any atom is 0.101 e. The third kappa shape index (κ3) is 2.20. The minimum absolute atomic E-state index is 0.0607. The molecule has 0 aliphatic carbocycles. The second-order valence-electron chi connectivity index (χ2n) is 4.83. The van der Waals surface area contributed by atoms with Gasteiger partial charge in [0.1, 0.15) is 6.07 Å². The molecule has 2 rings (SSSR count). The lowest BCUT2D eigenvalue weighted by molar-refractivity contribution is 0.244. The summed E-state index contributed by atoms with van der Waals surface area (Å²) in [4.78, 5) is 2.10. The monoisotopic (exact) mass is 246 g/mol. The fraction of sp³-hybridized carbons (Fsp3) is 0.500. The number of hydrogen-bond donors (Lipinski definition) is 2. The van der Waals surface area contributed by atoms with Crippen LogP contribution in [-0.4, -0.2) is 29.4 Å². The van der Waals surface area contributed by atoms with Crippen LogP contribution in [0.2, 0.25) is 0 Å². The van der Waals surface area contributed by atoms with Gasteiger partial charge in [0.05, 0.1) is 30.5 Å². The Balaban J connectivity index is 2.36. The highest BCUT2D eigenvalue weighted by Crippen LogP contribution is 2.32. The number of anilines is 1. The van der Waals surface area contributed by atoms with E-state index in [9.17, 15) is 10.4 Å². The van der Waals surface area contributed by atoms with Gasteiger partial charge in [-0.2, -0.15) is 5.26 Å². The van der Waals surface area contributed by atoms with Crippen LogP contribution in [0.5, 0.6) is 0 Å². The first-order valence-corrected chi connectivity index (χ1v) is 6.22. The third-order valence-corrected chi connectivity index (χ3v) is 3.74. The molecular formula is C14H18N2O2. The Labute approximate surface area is 107 Å². The summed E-state index contributed by atoms with van der Waals surface area (Å²) in [5.74, 6) is 0.430. The Hall–Kier alpha value is -1.57. The topological polar surface area (TPSA) is 67.5 Å². The number of aliphatic hydroxyl groups excluding tert-OH is 2. The number of nitriles is 1. The van der Waals surface area contributed by atoms with Crippen LogP contribution >= 0.6 is 0 Å². The highest BCUT2D eigenvalue weighted by atomic mass is 16.3. The summed E-state index contributed by atoms with van der Waals surface area (Å²) in [6.45, 7) is 3.02. The Morgan fingerprint density at radius 2 is 2.22 bits per heavy atom. The van der Waals surface area contributed by atoms with Crippen LogP contribution in [0, 0.1) is 17.2 Å². The van der Waals surface area contributed by atoms with Crippen LogP contribution in [-0.2, 0) is 6.61 Å². The molecular weight excluding hydrogens is 228 g/mol. The van der Waals surface area contributed by atoms with E-state index in [2.05, 4.69) is 17.9 Å². The van der Waals surface area contributed by atoms with Crippen LogP contribution in [0.4, 0.5) is 5.69 Å². The summed E-state index contributed by atoms with van der Waals surface area (Å²) in [5.41, 5.74) is 2.16. The normalized spacial score (nSPS) is 23.1. The average Bonchev–Trinajstić information content (AvgIpc) is 2.78. The molecule has 2 N–H and O–H groups in total. The predicted octanol–water partition coefficient (Wildman–Crippen LogP) is 1.26. The van der Waals surface area contributed by atoms with Gasteiger partial charge in [0.15, 0.2) is 0 Å². The summed E-state index contributed by atoms with van der Waals surface area (Å²) in [5, 5.41) is 27.8. The highest BCUT2D eigenvalue weighted by Gasteiger charge is 2.31. The molecule has 0 bridgehead atoms. The lowest BCUT2D eigenvalue weighted by Crippen LogP contribution is -2.35. The molecule has 4 nitrogen and oxygen atoms in total. The van der Waals surface area contributed by atoms with Gasteiger partial charge < -0.3 is 15.1 Å². The molecule has 1 fully saturated rings. The Kier molecular flexibility index (Phi) is 3.85. The maximum absolute atomic E-state index is 9.47. The molecule has 2 unspecified atom stereocenters. The highest BCUT2D eigenvalue weighted by molar-refractivity contribution is 5.61. The van der Waals surface area contributed by atoms with Gasteiger partial charge in [0, 0.05) is 6.54 Å². The molecule has 1 aromatic rings. The fourth-order valence-electron chi connectivity index (χ4n) is 2.61.